The molecule has 0 N–H and O–H groups in total. The first-order valence-electron chi connectivity index (χ1n) is 3.54. The monoisotopic (exact) mass is 229 g/mol. The Morgan fingerprint density at radius 1 is 1.23 bits per heavy atom. The van der Waals surface area contributed by atoms with Gasteiger partial charge in [-0.2, -0.15) is 0 Å². The van der Waals surface area contributed by atoms with E-state index in [0.717, 1.165) is 19.7 Å². The van der Waals surface area contributed by atoms with E-state index >= 15 is 0 Å². The molecule has 2 aromatic rings. The largest absolute Gasteiger partial charge is 0.228 e. The maximum atomic E-state index is 4.44. The lowest BCUT2D eigenvalue weighted by Gasteiger charge is -1.92. The fraction of sp³-hybridized carbons (Fsp3) is 0.286. The quantitative estimate of drug-likeness (QED) is 0.584. The summed E-state index contributed by atoms with van der Waals surface area (Å²) in [5.41, 5.74) is 0.935. The Bertz CT molecular complexity index is 426. The van der Waals surface area contributed by atoms with Crippen LogP contribution in [0.3, 0.4) is 0 Å². The summed E-state index contributed by atoms with van der Waals surface area (Å²) in [6.07, 6.45) is 5.61. The first kappa shape index (κ1) is 9.23. The maximum Gasteiger partial charge on any atom is 0.152 e. The summed E-state index contributed by atoms with van der Waals surface area (Å²) in [4.78, 5) is 13.7. The summed E-state index contributed by atoms with van der Waals surface area (Å²) in [6.45, 7) is 0. The molecule has 0 amide bonds. The zero-order valence-electron chi connectivity index (χ0n) is 7.14. The van der Waals surface area contributed by atoms with Crippen LogP contribution >= 0.6 is 34.9 Å². The van der Waals surface area contributed by atoms with Crippen molar-refractivity contribution in [2.75, 3.05) is 12.5 Å². The molecule has 0 aliphatic rings. The van der Waals surface area contributed by atoms with Crippen molar-refractivity contribution in [2.24, 2.45) is 0 Å². The van der Waals surface area contributed by atoms with Crippen LogP contribution < -0.4 is 0 Å². The molecule has 3 nitrogen and oxygen atoms in total. The van der Waals surface area contributed by atoms with Crippen LogP contribution in [0.2, 0.25) is 0 Å². The summed E-state index contributed by atoms with van der Waals surface area (Å²) < 4.78 is 1.05. The molecule has 0 aliphatic carbocycles. The number of rotatable bonds is 2. The van der Waals surface area contributed by atoms with Crippen LogP contribution in [0.15, 0.2) is 15.7 Å². The molecule has 6 heteroatoms. The number of hydrogen-bond acceptors (Lipinski definition) is 6. The Hall–Kier alpha value is -0.330. The lowest BCUT2D eigenvalue weighted by Crippen LogP contribution is -1.82. The molecule has 0 aliphatic heterocycles. The Morgan fingerprint density at radius 3 is 2.77 bits per heavy atom. The average molecular weight is 229 g/mol. The molecule has 0 fully saturated rings. The standard InChI is InChI=1S/C7H7N3S3/c1-11-5-4-6(9-3-8-5)13-7(10-4)12-2/h3H,1-2H3. The van der Waals surface area contributed by atoms with Crippen molar-refractivity contribution in [3.8, 4) is 0 Å². The fourth-order valence-electron chi connectivity index (χ4n) is 0.951. The summed E-state index contributed by atoms with van der Waals surface area (Å²) in [7, 11) is 0. The van der Waals surface area contributed by atoms with Crippen molar-refractivity contribution in [3.05, 3.63) is 6.33 Å². The van der Waals surface area contributed by atoms with Crippen LogP contribution in [0.25, 0.3) is 10.3 Å². The van der Waals surface area contributed by atoms with Gasteiger partial charge in [0.2, 0.25) is 0 Å². The molecule has 0 atom stereocenters. The molecule has 13 heavy (non-hydrogen) atoms. The minimum absolute atomic E-state index is 0.935. The van der Waals surface area contributed by atoms with Crippen LogP contribution in [-0.2, 0) is 0 Å². The smallest absolute Gasteiger partial charge is 0.152 e. The van der Waals surface area contributed by atoms with Crippen molar-refractivity contribution in [2.45, 2.75) is 9.37 Å². The molecule has 0 saturated carbocycles. The van der Waals surface area contributed by atoms with Gasteiger partial charge in [-0.05, 0) is 12.5 Å². The van der Waals surface area contributed by atoms with Crippen LogP contribution in [0.1, 0.15) is 0 Å². The number of hydrogen-bond donors (Lipinski definition) is 0. The van der Waals surface area contributed by atoms with Gasteiger partial charge in [-0.3, -0.25) is 0 Å². The van der Waals surface area contributed by atoms with Gasteiger partial charge in [-0.25, -0.2) is 15.0 Å². The van der Waals surface area contributed by atoms with Gasteiger partial charge in [0.25, 0.3) is 0 Å². The fourth-order valence-corrected chi connectivity index (χ4v) is 2.90. The second-order valence-corrected chi connectivity index (χ2v) is 5.05. The van der Waals surface area contributed by atoms with E-state index in [4.69, 9.17) is 0 Å². The predicted octanol–water partition coefficient (Wildman–Crippen LogP) is 2.53. The SMILES string of the molecule is CSc1nc2c(SC)ncnc2s1. The van der Waals surface area contributed by atoms with E-state index in [1.54, 1.807) is 41.2 Å². The van der Waals surface area contributed by atoms with Crippen LogP contribution in [0, 0.1) is 0 Å². The number of nitrogens with zero attached hydrogens (tertiary/aromatic N) is 3. The highest BCUT2D eigenvalue weighted by atomic mass is 32.2. The number of thiazole rings is 1. The predicted molar refractivity (Wildman–Crippen MR) is 58.8 cm³/mol. The third-order valence-electron chi connectivity index (χ3n) is 1.51. The second kappa shape index (κ2) is 3.81. The van der Waals surface area contributed by atoms with E-state index in [-0.39, 0.29) is 0 Å². The van der Waals surface area contributed by atoms with E-state index in [1.807, 2.05) is 12.5 Å². The zero-order valence-corrected chi connectivity index (χ0v) is 9.59. The highest BCUT2D eigenvalue weighted by Gasteiger charge is 2.08. The lowest BCUT2D eigenvalue weighted by atomic mass is 10.6. The van der Waals surface area contributed by atoms with Gasteiger partial charge < -0.3 is 0 Å². The first-order valence-corrected chi connectivity index (χ1v) is 6.81. The number of thioether (sulfide) groups is 2. The zero-order chi connectivity index (χ0) is 9.26. The van der Waals surface area contributed by atoms with Gasteiger partial charge >= 0.3 is 0 Å². The minimum atomic E-state index is 0.935. The van der Waals surface area contributed by atoms with Crippen LogP contribution in [-0.4, -0.2) is 27.5 Å². The molecule has 2 aromatic heterocycles. The summed E-state index contributed by atoms with van der Waals surface area (Å²) >= 11 is 4.86. The highest BCUT2D eigenvalue weighted by molar-refractivity contribution is 8.00. The Morgan fingerprint density at radius 2 is 2.08 bits per heavy atom. The Kier molecular flexibility index (Phi) is 2.71. The van der Waals surface area contributed by atoms with E-state index in [1.165, 1.54) is 0 Å². The third-order valence-corrected chi connectivity index (χ3v) is 4.14. The molecule has 0 unspecified atom stereocenters. The summed E-state index contributed by atoms with van der Waals surface area (Å²) in [5.74, 6) is 0. The molecule has 2 rings (SSSR count). The summed E-state index contributed by atoms with van der Waals surface area (Å²) in [6, 6.07) is 0. The van der Waals surface area contributed by atoms with Crippen LogP contribution in [0.5, 0.6) is 0 Å². The van der Waals surface area contributed by atoms with Crippen molar-refractivity contribution >= 4 is 45.2 Å². The maximum absolute atomic E-state index is 4.44. The van der Waals surface area contributed by atoms with Gasteiger partial charge in [-0.1, -0.05) is 23.1 Å². The van der Waals surface area contributed by atoms with E-state index in [0.29, 0.717) is 0 Å². The highest BCUT2D eigenvalue weighted by Crippen LogP contribution is 2.30. The van der Waals surface area contributed by atoms with Crippen molar-refractivity contribution < 1.29 is 0 Å². The lowest BCUT2D eigenvalue weighted by molar-refractivity contribution is 1.08. The van der Waals surface area contributed by atoms with E-state index in [2.05, 4.69) is 15.0 Å². The van der Waals surface area contributed by atoms with Crippen molar-refractivity contribution in [1.29, 1.82) is 0 Å². The van der Waals surface area contributed by atoms with Gasteiger partial charge in [0.15, 0.2) is 4.34 Å². The number of fused-ring (bicyclic) bond motifs is 1. The molecule has 2 heterocycles. The topological polar surface area (TPSA) is 38.7 Å². The van der Waals surface area contributed by atoms with E-state index < -0.39 is 0 Å². The van der Waals surface area contributed by atoms with Gasteiger partial charge in [0.1, 0.15) is 21.7 Å². The third kappa shape index (κ3) is 1.66. The first-order chi connectivity index (χ1) is 6.35. The molecule has 0 bridgehead atoms. The van der Waals surface area contributed by atoms with Gasteiger partial charge in [0.05, 0.1) is 0 Å². The van der Waals surface area contributed by atoms with Crippen molar-refractivity contribution in [3.63, 3.8) is 0 Å². The van der Waals surface area contributed by atoms with Gasteiger partial charge in [-0.15, -0.1) is 11.8 Å². The Labute approximate surface area is 88.4 Å². The van der Waals surface area contributed by atoms with Gasteiger partial charge in [0, 0.05) is 0 Å². The summed E-state index contributed by atoms with van der Waals surface area (Å²) in [5, 5.41) is 0.960. The average Bonchev–Trinajstić information content (AvgIpc) is 2.59. The van der Waals surface area contributed by atoms with E-state index in [9.17, 15) is 0 Å². The molecule has 0 aromatic carbocycles. The Balaban J connectivity index is 2.67. The normalized spacial score (nSPS) is 10.9. The molecule has 0 saturated heterocycles. The molecular weight excluding hydrogens is 222 g/mol. The molecular formula is C7H7N3S3. The van der Waals surface area contributed by atoms with Crippen molar-refractivity contribution in [1.82, 2.24) is 15.0 Å². The number of aromatic nitrogens is 3. The molecule has 0 radical (unpaired) electrons. The minimum Gasteiger partial charge on any atom is -0.228 e. The molecule has 0 spiro atoms. The van der Waals surface area contributed by atoms with Crippen LogP contribution in [0.4, 0.5) is 0 Å². The second-order valence-electron chi connectivity index (χ2n) is 2.22. The molecule has 68 valence electrons.